The lowest BCUT2D eigenvalue weighted by Crippen LogP contribution is -2.48. The van der Waals surface area contributed by atoms with Crippen LogP contribution in [-0.4, -0.2) is 61.7 Å². The van der Waals surface area contributed by atoms with Crippen molar-refractivity contribution in [2.24, 2.45) is 11.8 Å². The number of hydrogen-bond donors (Lipinski definition) is 1. The van der Waals surface area contributed by atoms with Gasteiger partial charge in [0.25, 0.3) is 0 Å². The molecule has 2 heterocycles. The molecular weight excluding hydrogens is 438 g/mol. The van der Waals surface area contributed by atoms with E-state index in [9.17, 15) is 18.0 Å². The van der Waals surface area contributed by atoms with E-state index in [1.165, 1.54) is 4.31 Å². The predicted octanol–water partition coefficient (Wildman–Crippen LogP) is 2.76. The van der Waals surface area contributed by atoms with Crippen LogP contribution in [0.25, 0.3) is 10.8 Å². The quantitative estimate of drug-likeness (QED) is 0.730. The van der Waals surface area contributed by atoms with Crippen LogP contribution in [0.2, 0.25) is 0 Å². The van der Waals surface area contributed by atoms with Crippen molar-refractivity contribution in [2.75, 3.05) is 26.2 Å². The van der Waals surface area contributed by atoms with Gasteiger partial charge >= 0.3 is 0 Å². The zero-order chi connectivity index (χ0) is 23.0. The molecule has 1 saturated carbocycles. The molecular formula is C25H31N3O4S. The lowest BCUT2D eigenvalue weighted by Gasteiger charge is -2.36. The van der Waals surface area contributed by atoms with Gasteiger partial charge in [-0.3, -0.25) is 9.59 Å². The molecule has 2 aromatic carbocycles. The average Bonchev–Trinajstić information content (AvgIpc) is 3.67. The molecule has 8 heteroatoms. The van der Waals surface area contributed by atoms with Crippen molar-refractivity contribution in [1.82, 2.24) is 14.5 Å². The molecule has 176 valence electrons. The number of benzene rings is 2. The second-order valence-corrected chi connectivity index (χ2v) is 11.5. The minimum Gasteiger partial charge on any atom is -0.353 e. The average molecular weight is 470 g/mol. The third-order valence-electron chi connectivity index (χ3n) is 7.26. The fourth-order valence-electron chi connectivity index (χ4n) is 4.99. The summed E-state index contributed by atoms with van der Waals surface area (Å²) in [5.41, 5.74) is 0. The highest BCUT2D eigenvalue weighted by molar-refractivity contribution is 7.89. The summed E-state index contributed by atoms with van der Waals surface area (Å²) in [5.74, 6) is 0.101. The first-order valence-corrected chi connectivity index (χ1v) is 13.4. The van der Waals surface area contributed by atoms with Crippen LogP contribution in [0.5, 0.6) is 0 Å². The van der Waals surface area contributed by atoms with Gasteiger partial charge in [0.1, 0.15) is 0 Å². The van der Waals surface area contributed by atoms with Crippen molar-refractivity contribution in [1.29, 1.82) is 0 Å². The van der Waals surface area contributed by atoms with Crippen molar-refractivity contribution in [3.8, 4) is 0 Å². The van der Waals surface area contributed by atoms with Crippen molar-refractivity contribution in [3.05, 3.63) is 42.5 Å². The van der Waals surface area contributed by atoms with Gasteiger partial charge in [-0.25, -0.2) is 8.42 Å². The van der Waals surface area contributed by atoms with E-state index in [2.05, 4.69) is 5.32 Å². The summed E-state index contributed by atoms with van der Waals surface area (Å²) in [6.07, 6.45) is 4.65. The van der Waals surface area contributed by atoms with E-state index >= 15 is 0 Å². The van der Waals surface area contributed by atoms with Gasteiger partial charge in [0, 0.05) is 44.1 Å². The van der Waals surface area contributed by atoms with Crippen LogP contribution in [0, 0.1) is 11.8 Å². The number of amides is 2. The van der Waals surface area contributed by atoms with Crippen LogP contribution in [0.15, 0.2) is 47.4 Å². The van der Waals surface area contributed by atoms with E-state index in [0.717, 1.165) is 23.6 Å². The number of likely N-dealkylation sites (tertiary alicyclic amines) is 1. The maximum Gasteiger partial charge on any atom is 0.243 e. The molecule has 0 atom stereocenters. The third-order valence-corrected chi connectivity index (χ3v) is 9.16. The number of fused-ring (bicyclic) bond motifs is 1. The normalized spacial score (nSPS) is 21.3. The van der Waals surface area contributed by atoms with E-state index < -0.39 is 10.0 Å². The molecule has 2 amide bonds. The molecule has 0 spiro atoms. The van der Waals surface area contributed by atoms with E-state index in [1.54, 1.807) is 12.1 Å². The highest BCUT2D eigenvalue weighted by Crippen LogP contribution is 2.29. The highest BCUT2D eigenvalue weighted by Gasteiger charge is 2.36. The number of carbonyl (C=O) groups is 2. The standard InChI is InChI=1S/C25H31N3O4S/c29-24(26-22-6-7-22)19-9-13-27(14-10-19)25(30)20-11-15-28(16-12-20)33(31,32)23-8-5-18-3-1-2-4-21(18)17-23/h1-5,8,17,19-20,22H,6-7,9-16H2,(H,26,29). The lowest BCUT2D eigenvalue weighted by atomic mass is 9.92. The predicted molar refractivity (Wildman–Crippen MR) is 126 cm³/mol. The van der Waals surface area contributed by atoms with Gasteiger partial charge in [-0.05, 0) is 61.4 Å². The Morgan fingerprint density at radius 2 is 1.42 bits per heavy atom. The molecule has 2 saturated heterocycles. The molecule has 0 bridgehead atoms. The van der Waals surface area contributed by atoms with Gasteiger partial charge in [0.2, 0.25) is 21.8 Å². The number of nitrogens with zero attached hydrogens (tertiary/aromatic N) is 2. The number of hydrogen-bond acceptors (Lipinski definition) is 4. The summed E-state index contributed by atoms with van der Waals surface area (Å²) in [5, 5.41) is 4.98. The zero-order valence-corrected chi connectivity index (χ0v) is 19.6. The maximum absolute atomic E-state index is 13.2. The Morgan fingerprint density at radius 3 is 2.09 bits per heavy atom. The molecule has 0 radical (unpaired) electrons. The number of piperidine rings is 2. The number of sulfonamides is 1. The van der Waals surface area contributed by atoms with E-state index in [0.29, 0.717) is 62.8 Å². The van der Waals surface area contributed by atoms with Crippen molar-refractivity contribution in [3.63, 3.8) is 0 Å². The van der Waals surface area contributed by atoms with Crippen LogP contribution >= 0.6 is 0 Å². The molecule has 2 aromatic rings. The molecule has 33 heavy (non-hydrogen) atoms. The summed E-state index contributed by atoms with van der Waals surface area (Å²) >= 11 is 0. The second kappa shape index (κ2) is 9.06. The summed E-state index contributed by atoms with van der Waals surface area (Å²) in [6, 6.07) is 13.3. The summed E-state index contributed by atoms with van der Waals surface area (Å²) in [7, 11) is -3.59. The van der Waals surface area contributed by atoms with Crippen LogP contribution in [0.1, 0.15) is 38.5 Å². The third kappa shape index (κ3) is 4.77. The lowest BCUT2D eigenvalue weighted by molar-refractivity contribution is -0.140. The van der Waals surface area contributed by atoms with E-state index in [4.69, 9.17) is 0 Å². The minimum absolute atomic E-state index is 0.00333. The van der Waals surface area contributed by atoms with Crippen LogP contribution in [0.3, 0.4) is 0 Å². The van der Waals surface area contributed by atoms with Crippen LogP contribution < -0.4 is 5.32 Å². The van der Waals surface area contributed by atoms with Crippen molar-refractivity contribution >= 4 is 32.6 Å². The molecule has 1 aliphatic carbocycles. The second-order valence-electron chi connectivity index (χ2n) is 9.57. The van der Waals surface area contributed by atoms with Crippen LogP contribution in [-0.2, 0) is 19.6 Å². The van der Waals surface area contributed by atoms with Gasteiger partial charge < -0.3 is 10.2 Å². The summed E-state index contributed by atoms with van der Waals surface area (Å²) in [6.45, 7) is 1.92. The Balaban J connectivity index is 1.15. The highest BCUT2D eigenvalue weighted by atomic mass is 32.2. The number of nitrogens with one attached hydrogen (secondary N) is 1. The molecule has 7 nitrogen and oxygen atoms in total. The van der Waals surface area contributed by atoms with Gasteiger partial charge in [-0.1, -0.05) is 30.3 Å². The van der Waals surface area contributed by atoms with Crippen molar-refractivity contribution < 1.29 is 18.0 Å². The fourth-order valence-corrected chi connectivity index (χ4v) is 6.49. The maximum atomic E-state index is 13.2. The SMILES string of the molecule is O=C(NC1CC1)C1CCN(C(=O)C2CCN(S(=O)(=O)c3ccc4ccccc4c3)CC2)CC1. The van der Waals surface area contributed by atoms with Crippen molar-refractivity contribution in [2.45, 2.75) is 49.5 Å². The summed E-state index contributed by atoms with van der Waals surface area (Å²) < 4.78 is 27.9. The largest absolute Gasteiger partial charge is 0.353 e. The first-order valence-electron chi connectivity index (χ1n) is 12.0. The van der Waals surface area contributed by atoms with Gasteiger partial charge in [-0.2, -0.15) is 4.31 Å². The van der Waals surface area contributed by atoms with Crippen LogP contribution in [0.4, 0.5) is 0 Å². The molecule has 3 fully saturated rings. The Bertz CT molecular complexity index is 1150. The smallest absolute Gasteiger partial charge is 0.243 e. The van der Waals surface area contributed by atoms with E-state index in [1.807, 2.05) is 35.2 Å². The molecule has 0 aromatic heterocycles. The van der Waals surface area contributed by atoms with Gasteiger partial charge in [-0.15, -0.1) is 0 Å². The van der Waals surface area contributed by atoms with Gasteiger partial charge in [0.05, 0.1) is 4.90 Å². The zero-order valence-electron chi connectivity index (χ0n) is 18.8. The molecule has 3 aliphatic rings. The molecule has 5 rings (SSSR count). The molecule has 0 unspecified atom stereocenters. The Hall–Kier alpha value is -2.45. The fraction of sp³-hybridized carbons (Fsp3) is 0.520. The Labute approximate surface area is 195 Å². The summed E-state index contributed by atoms with van der Waals surface area (Å²) in [4.78, 5) is 27.5. The Kier molecular flexibility index (Phi) is 6.14. The number of carbonyl (C=O) groups excluding carboxylic acids is 2. The number of rotatable bonds is 5. The van der Waals surface area contributed by atoms with Gasteiger partial charge in [0.15, 0.2) is 0 Å². The van der Waals surface area contributed by atoms with E-state index in [-0.39, 0.29) is 23.7 Å². The first kappa shape index (κ1) is 22.3. The Morgan fingerprint density at radius 1 is 0.788 bits per heavy atom. The first-order chi connectivity index (χ1) is 15.9. The minimum atomic E-state index is -3.59. The molecule has 1 N–H and O–H groups in total. The molecule has 2 aliphatic heterocycles. The topological polar surface area (TPSA) is 86.8 Å². The monoisotopic (exact) mass is 469 g/mol.